The molecule has 1 aliphatic carbocycles. The molecule has 0 saturated heterocycles. The maximum Gasteiger partial charge on any atom is 0.189 e. The van der Waals surface area contributed by atoms with E-state index in [1.165, 1.54) is 12.1 Å². The van der Waals surface area contributed by atoms with Gasteiger partial charge in [0, 0.05) is 22.0 Å². The smallest absolute Gasteiger partial charge is 0.189 e. The Hall–Kier alpha value is -1.74. The topological polar surface area (TPSA) is 17.1 Å². The van der Waals surface area contributed by atoms with Crippen molar-refractivity contribution >= 4 is 27.8 Å². The quantitative estimate of drug-likeness (QED) is 0.712. The molecule has 19 heavy (non-hydrogen) atoms. The molecule has 0 radical (unpaired) electrons. The first-order valence-corrected chi connectivity index (χ1v) is 6.72. The van der Waals surface area contributed by atoms with Crippen LogP contribution >= 0.6 is 15.9 Å². The van der Waals surface area contributed by atoms with Gasteiger partial charge in [0.2, 0.25) is 0 Å². The van der Waals surface area contributed by atoms with Crippen molar-refractivity contribution in [3.05, 3.63) is 75.0 Å². The van der Waals surface area contributed by atoms with E-state index >= 15 is 0 Å². The first kappa shape index (κ1) is 12.3. The monoisotopic (exact) mass is 316 g/mol. The number of fused-ring (bicyclic) bond motifs is 1. The maximum atomic E-state index is 12.9. The van der Waals surface area contributed by atoms with E-state index in [1.54, 1.807) is 12.1 Å². The minimum Gasteiger partial charge on any atom is -0.289 e. The fourth-order valence-electron chi connectivity index (χ4n) is 2.27. The minimum atomic E-state index is -0.272. The van der Waals surface area contributed by atoms with Crippen LogP contribution in [0.3, 0.4) is 0 Å². The summed E-state index contributed by atoms with van der Waals surface area (Å²) in [5.74, 6) is -0.216. The third-order valence-corrected chi connectivity index (χ3v) is 3.98. The van der Waals surface area contributed by atoms with Crippen LogP contribution in [0.4, 0.5) is 4.39 Å². The number of benzene rings is 2. The summed E-state index contributed by atoms with van der Waals surface area (Å²) in [6.07, 6.45) is 2.45. The van der Waals surface area contributed by atoms with Crippen LogP contribution in [0.1, 0.15) is 21.5 Å². The molecule has 0 aromatic heterocycles. The number of ketones is 1. The van der Waals surface area contributed by atoms with Crippen LogP contribution in [0.25, 0.3) is 6.08 Å². The number of Topliss-reactive ketones (excluding diaryl/α,β-unsaturated/α-hetero) is 1. The van der Waals surface area contributed by atoms with Gasteiger partial charge in [-0.15, -0.1) is 0 Å². The first-order chi connectivity index (χ1) is 9.15. The van der Waals surface area contributed by atoms with Crippen LogP contribution in [0.2, 0.25) is 0 Å². The Morgan fingerprint density at radius 3 is 2.53 bits per heavy atom. The number of carbonyl (C=O) groups excluding carboxylic acids is 1. The van der Waals surface area contributed by atoms with Gasteiger partial charge in [0.15, 0.2) is 5.78 Å². The van der Waals surface area contributed by atoms with Crippen LogP contribution in [-0.2, 0) is 6.42 Å². The van der Waals surface area contributed by atoms with Crippen molar-refractivity contribution < 1.29 is 9.18 Å². The van der Waals surface area contributed by atoms with Crippen LogP contribution in [-0.4, -0.2) is 5.78 Å². The summed E-state index contributed by atoms with van der Waals surface area (Å²) in [6, 6.07) is 11.8. The Morgan fingerprint density at radius 2 is 1.84 bits per heavy atom. The first-order valence-electron chi connectivity index (χ1n) is 5.93. The van der Waals surface area contributed by atoms with Crippen LogP contribution < -0.4 is 0 Å². The Kier molecular flexibility index (Phi) is 3.07. The van der Waals surface area contributed by atoms with Gasteiger partial charge in [0.25, 0.3) is 0 Å². The number of hydrogen-bond acceptors (Lipinski definition) is 1. The number of carbonyl (C=O) groups is 1. The molecule has 0 saturated carbocycles. The highest BCUT2D eigenvalue weighted by Crippen LogP contribution is 2.32. The van der Waals surface area contributed by atoms with Crippen molar-refractivity contribution in [2.75, 3.05) is 0 Å². The van der Waals surface area contributed by atoms with E-state index in [4.69, 9.17) is 0 Å². The lowest BCUT2D eigenvalue weighted by molar-refractivity contribution is 0.104. The molecule has 0 spiro atoms. The van der Waals surface area contributed by atoms with Crippen LogP contribution in [0.15, 0.2) is 52.5 Å². The van der Waals surface area contributed by atoms with Gasteiger partial charge >= 0.3 is 0 Å². The molecule has 0 amide bonds. The zero-order chi connectivity index (χ0) is 13.4. The Labute approximate surface area is 118 Å². The van der Waals surface area contributed by atoms with Gasteiger partial charge in [-0.05, 0) is 35.4 Å². The van der Waals surface area contributed by atoms with Crippen molar-refractivity contribution in [3.63, 3.8) is 0 Å². The zero-order valence-electron chi connectivity index (χ0n) is 9.99. The molecule has 1 nitrogen and oxygen atoms in total. The molecule has 0 bridgehead atoms. The molecule has 3 rings (SSSR count). The summed E-state index contributed by atoms with van der Waals surface area (Å²) in [6.45, 7) is 0. The average Bonchev–Trinajstić information content (AvgIpc) is 2.72. The van der Waals surface area contributed by atoms with Crippen LogP contribution in [0, 0.1) is 5.82 Å². The van der Waals surface area contributed by atoms with E-state index in [2.05, 4.69) is 15.9 Å². The molecule has 0 aliphatic heterocycles. The summed E-state index contributed by atoms with van der Waals surface area (Å²) < 4.78 is 13.8. The number of allylic oxidation sites excluding steroid dienone is 1. The SMILES string of the molecule is O=C1/C(=C\c2ccc(F)cc2)Cc2c(Br)cccc21. The number of hydrogen-bond donors (Lipinski definition) is 0. The van der Waals surface area contributed by atoms with E-state index < -0.39 is 0 Å². The van der Waals surface area contributed by atoms with E-state index in [-0.39, 0.29) is 11.6 Å². The highest BCUT2D eigenvalue weighted by molar-refractivity contribution is 9.10. The molecule has 94 valence electrons. The number of halogens is 2. The molecule has 0 atom stereocenters. The fraction of sp³-hybridized carbons (Fsp3) is 0.0625. The highest BCUT2D eigenvalue weighted by Gasteiger charge is 2.25. The highest BCUT2D eigenvalue weighted by atomic mass is 79.9. The lowest BCUT2D eigenvalue weighted by atomic mass is 10.1. The predicted molar refractivity (Wildman–Crippen MR) is 76.6 cm³/mol. The molecule has 0 heterocycles. The van der Waals surface area contributed by atoms with Gasteiger partial charge in [-0.1, -0.05) is 40.2 Å². The summed E-state index contributed by atoms with van der Waals surface area (Å²) in [5.41, 5.74) is 3.37. The van der Waals surface area contributed by atoms with Crippen molar-refractivity contribution in [1.82, 2.24) is 0 Å². The maximum absolute atomic E-state index is 12.9. The summed E-state index contributed by atoms with van der Waals surface area (Å²) in [4.78, 5) is 12.3. The van der Waals surface area contributed by atoms with Gasteiger partial charge in [-0.2, -0.15) is 0 Å². The van der Waals surface area contributed by atoms with E-state index in [0.717, 1.165) is 26.7 Å². The lowest BCUT2D eigenvalue weighted by Crippen LogP contribution is -1.95. The second kappa shape index (κ2) is 4.74. The van der Waals surface area contributed by atoms with Crippen molar-refractivity contribution in [2.24, 2.45) is 0 Å². The zero-order valence-corrected chi connectivity index (χ0v) is 11.6. The molecule has 3 heteroatoms. The summed E-state index contributed by atoms with van der Waals surface area (Å²) in [7, 11) is 0. The van der Waals surface area contributed by atoms with Crippen molar-refractivity contribution in [3.8, 4) is 0 Å². The fourth-order valence-corrected chi connectivity index (χ4v) is 2.78. The Balaban J connectivity index is 2.00. The van der Waals surface area contributed by atoms with Gasteiger partial charge < -0.3 is 0 Å². The molecule has 0 N–H and O–H groups in total. The number of rotatable bonds is 1. The van der Waals surface area contributed by atoms with E-state index in [1.807, 2.05) is 24.3 Å². The Bertz CT molecular complexity index is 686. The second-order valence-corrected chi connectivity index (χ2v) is 5.35. The Morgan fingerprint density at radius 1 is 1.11 bits per heavy atom. The molecular formula is C16H10BrFO. The summed E-state index contributed by atoms with van der Waals surface area (Å²) >= 11 is 3.47. The normalized spacial score (nSPS) is 15.9. The predicted octanol–water partition coefficient (Wildman–Crippen LogP) is 4.41. The molecule has 2 aromatic rings. The third-order valence-electron chi connectivity index (χ3n) is 3.23. The molecule has 0 fully saturated rings. The second-order valence-electron chi connectivity index (χ2n) is 4.49. The average molecular weight is 317 g/mol. The van der Waals surface area contributed by atoms with Crippen molar-refractivity contribution in [2.45, 2.75) is 6.42 Å². The van der Waals surface area contributed by atoms with Crippen LogP contribution in [0.5, 0.6) is 0 Å². The van der Waals surface area contributed by atoms with E-state index in [9.17, 15) is 9.18 Å². The van der Waals surface area contributed by atoms with Crippen molar-refractivity contribution in [1.29, 1.82) is 0 Å². The summed E-state index contributed by atoms with van der Waals surface area (Å²) in [5, 5.41) is 0. The third kappa shape index (κ3) is 2.26. The van der Waals surface area contributed by atoms with Gasteiger partial charge in [-0.3, -0.25) is 4.79 Å². The largest absolute Gasteiger partial charge is 0.289 e. The van der Waals surface area contributed by atoms with Gasteiger partial charge in [0.1, 0.15) is 5.82 Å². The van der Waals surface area contributed by atoms with Gasteiger partial charge in [0.05, 0.1) is 0 Å². The van der Waals surface area contributed by atoms with Gasteiger partial charge in [-0.25, -0.2) is 4.39 Å². The molecular weight excluding hydrogens is 307 g/mol. The lowest BCUT2D eigenvalue weighted by Gasteiger charge is -1.97. The minimum absolute atomic E-state index is 0.0561. The molecule has 0 unspecified atom stereocenters. The molecule has 2 aromatic carbocycles. The standard InChI is InChI=1S/C16H10BrFO/c17-15-3-1-2-13-14(15)9-11(16(13)19)8-10-4-6-12(18)7-5-10/h1-8H,9H2/b11-8-. The van der Waals surface area contributed by atoms with E-state index in [0.29, 0.717) is 6.42 Å². The molecule has 1 aliphatic rings.